The predicted octanol–water partition coefficient (Wildman–Crippen LogP) is 7.44. The molecular formula is C32H32N4P2. The first-order valence-electron chi connectivity index (χ1n) is 12.7. The maximum absolute atomic E-state index is 4.77. The lowest BCUT2D eigenvalue weighted by molar-refractivity contribution is 0.572. The van der Waals surface area contributed by atoms with Crippen LogP contribution in [0, 0.1) is 0 Å². The van der Waals surface area contributed by atoms with Gasteiger partial charge in [0.15, 0.2) is 0 Å². The maximum Gasteiger partial charge on any atom is 0.150 e. The summed E-state index contributed by atoms with van der Waals surface area (Å²) in [6.45, 7) is 6.84. The van der Waals surface area contributed by atoms with Crippen molar-refractivity contribution in [3.8, 4) is 22.3 Å². The Balaban J connectivity index is 2.01. The van der Waals surface area contributed by atoms with Crippen molar-refractivity contribution >= 4 is 18.5 Å². The van der Waals surface area contributed by atoms with Gasteiger partial charge in [-0.25, -0.2) is 19.9 Å². The van der Waals surface area contributed by atoms with Gasteiger partial charge in [-0.05, 0) is 68.7 Å². The predicted molar refractivity (Wildman–Crippen MR) is 163 cm³/mol. The summed E-state index contributed by atoms with van der Waals surface area (Å²) in [6, 6.07) is 27.3. The molecule has 0 saturated carbocycles. The largest absolute Gasteiger partial charge is 0.240 e. The van der Waals surface area contributed by atoms with E-state index in [4.69, 9.17) is 19.9 Å². The van der Waals surface area contributed by atoms with Crippen LogP contribution in [0.15, 0.2) is 104 Å². The van der Waals surface area contributed by atoms with Gasteiger partial charge in [-0.15, -0.1) is 18.5 Å². The van der Waals surface area contributed by atoms with Gasteiger partial charge < -0.3 is 0 Å². The van der Waals surface area contributed by atoms with Crippen molar-refractivity contribution in [1.82, 2.24) is 19.9 Å². The fourth-order valence-corrected chi connectivity index (χ4v) is 6.13. The third-order valence-electron chi connectivity index (χ3n) is 6.76. The van der Waals surface area contributed by atoms with Crippen LogP contribution in [0.4, 0.5) is 0 Å². The molecule has 38 heavy (non-hydrogen) atoms. The second-order valence-corrected chi connectivity index (χ2v) is 11.6. The standard InChI is InChI=1S/C32H32N4P2/c1-31(2,3)28-26(23-14-8-5-9-15-23)25(22-12-6-4-7-13-22)20-24(21-37)27(28)32(38,29-33-16-10-17-34-29)30-35-18-11-19-36-30/h4-20H,21,37-38H2,1-3H3. The van der Waals surface area contributed by atoms with Gasteiger partial charge in [-0.2, -0.15) is 0 Å². The molecule has 0 fully saturated rings. The summed E-state index contributed by atoms with van der Waals surface area (Å²) < 4.78 is 0. The van der Waals surface area contributed by atoms with E-state index in [1.54, 1.807) is 24.8 Å². The summed E-state index contributed by atoms with van der Waals surface area (Å²) in [7, 11) is 6.00. The maximum atomic E-state index is 4.77. The SMILES string of the molecule is CC(C)(C)c1c(-c2ccccc2)c(-c2ccccc2)cc(CP)c1C(P)(c1ncccn1)c1ncccn1. The minimum absolute atomic E-state index is 0.231. The normalized spacial score (nSPS) is 11.9. The zero-order chi connectivity index (χ0) is 26.8. The Kier molecular flexibility index (Phi) is 7.48. The van der Waals surface area contributed by atoms with Crippen LogP contribution in [-0.2, 0) is 16.7 Å². The summed E-state index contributed by atoms with van der Waals surface area (Å²) >= 11 is 0. The number of nitrogens with zero attached hydrogens (tertiary/aromatic N) is 4. The molecule has 0 bridgehead atoms. The molecule has 2 unspecified atom stereocenters. The second-order valence-electron chi connectivity index (χ2n) is 10.3. The molecule has 0 aliphatic rings. The fourth-order valence-electron chi connectivity index (χ4n) is 5.18. The van der Waals surface area contributed by atoms with Gasteiger partial charge in [-0.3, -0.25) is 0 Å². The van der Waals surface area contributed by atoms with Crippen molar-refractivity contribution in [3.05, 3.63) is 132 Å². The lowest BCUT2D eigenvalue weighted by atomic mass is 9.71. The highest BCUT2D eigenvalue weighted by molar-refractivity contribution is 7.19. The van der Waals surface area contributed by atoms with E-state index in [0.29, 0.717) is 11.6 Å². The molecule has 2 heterocycles. The van der Waals surface area contributed by atoms with Crippen molar-refractivity contribution in [2.45, 2.75) is 37.5 Å². The van der Waals surface area contributed by atoms with Crippen LogP contribution >= 0.6 is 18.5 Å². The van der Waals surface area contributed by atoms with Gasteiger partial charge in [0.25, 0.3) is 0 Å². The van der Waals surface area contributed by atoms with Crippen LogP contribution in [0.1, 0.15) is 49.1 Å². The average Bonchev–Trinajstić information content (AvgIpc) is 2.97. The molecule has 190 valence electrons. The van der Waals surface area contributed by atoms with E-state index in [-0.39, 0.29) is 5.41 Å². The minimum Gasteiger partial charge on any atom is -0.240 e. The molecule has 0 amide bonds. The highest BCUT2D eigenvalue weighted by Crippen LogP contribution is 2.52. The molecule has 5 aromatic rings. The third-order valence-corrected chi connectivity index (χ3v) is 8.00. The molecule has 4 nitrogen and oxygen atoms in total. The molecule has 5 rings (SSSR count). The highest BCUT2D eigenvalue weighted by atomic mass is 31.0. The second kappa shape index (κ2) is 10.8. The molecule has 0 spiro atoms. The van der Waals surface area contributed by atoms with Gasteiger partial charge >= 0.3 is 0 Å². The number of hydrogen-bond acceptors (Lipinski definition) is 4. The summed E-state index contributed by atoms with van der Waals surface area (Å²) in [6.07, 6.45) is 7.91. The zero-order valence-corrected chi connectivity index (χ0v) is 24.3. The van der Waals surface area contributed by atoms with E-state index in [9.17, 15) is 0 Å². The molecule has 0 aliphatic carbocycles. The Morgan fingerprint density at radius 1 is 0.632 bits per heavy atom. The summed E-state index contributed by atoms with van der Waals surface area (Å²) in [5.74, 6) is 1.29. The Labute approximate surface area is 229 Å². The first-order chi connectivity index (χ1) is 18.4. The van der Waals surface area contributed by atoms with E-state index in [2.05, 4.69) is 106 Å². The number of benzene rings is 3. The topological polar surface area (TPSA) is 51.6 Å². The molecular weight excluding hydrogens is 502 g/mol. The summed E-state index contributed by atoms with van der Waals surface area (Å²) in [5, 5.41) is -0.865. The molecule has 3 aromatic carbocycles. The lowest BCUT2D eigenvalue weighted by Gasteiger charge is -2.38. The van der Waals surface area contributed by atoms with Crippen molar-refractivity contribution < 1.29 is 0 Å². The quantitative estimate of drug-likeness (QED) is 0.213. The monoisotopic (exact) mass is 534 g/mol. The molecule has 2 aromatic heterocycles. The molecule has 2 atom stereocenters. The van der Waals surface area contributed by atoms with Gasteiger partial charge in [0.2, 0.25) is 0 Å². The van der Waals surface area contributed by atoms with Crippen molar-refractivity contribution in [1.29, 1.82) is 0 Å². The van der Waals surface area contributed by atoms with Crippen LogP contribution in [0.3, 0.4) is 0 Å². The first-order valence-corrected chi connectivity index (χ1v) is 14.1. The Morgan fingerprint density at radius 3 is 1.55 bits per heavy atom. The van der Waals surface area contributed by atoms with Crippen molar-refractivity contribution in [2.24, 2.45) is 0 Å². The first kappa shape index (κ1) is 26.3. The Morgan fingerprint density at radius 2 is 1.11 bits per heavy atom. The Hall–Kier alpha value is -3.32. The van der Waals surface area contributed by atoms with Gasteiger partial charge in [0, 0.05) is 24.8 Å². The Bertz CT molecular complexity index is 1480. The summed E-state index contributed by atoms with van der Waals surface area (Å²) in [5.41, 5.74) is 8.09. The fraction of sp³-hybridized carbons (Fsp3) is 0.188. The van der Waals surface area contributed by atoms with Crippen LogP contribution in [-0.4, -0.2) is 19.9 Å². The molecule has 0 N–H and O–H groups in total. The van der Waals surface area contributed by atoms with E-state index >= 15 is 0 Å². The van der Waals surface area contributed by atoms with Crippen LogP contribution in [0.25, 0.3) is 22.3 Å². The van der Waals surface area contributed by atoms with Crippen LogP contribution in [0.5, 0.6) is 0 Å². The highest BCUT2D eigenvalue weighted by Gasteiger charge is 2.44. The smallest absolute Gasteiger partial charge is 0.150 e. The van der Waals surface area contributed by atoms with E-state index in [1.165, 1.54) is 33.4 Å². The molecule has 6 heteroatoms. The van der Waals surface area contributed by atoms with Crippen molar-refractivity contribution in [2.75, 3.05) is 0 Å². The van der Waals surface area contributed by atoms with E-state index in [1.807, 2.05) is 12.1 Å². The minimum atomic E-state index is -0.865. The van der Waals surface area contributed by atoms with Crippen LogP contribution in [0.2, 0.25) is 0 Å². The molecule has 0 radical (unpaired) electrons. The number of hydrogen-bond donors (Lipinski definition) is 0. The van der Waals surface area contributed by atoms with E-state index in [0.717, 1.165) is 11.7 Å². The van der Waals surface area contributed by atoms with Crippen molar-refractivity contribution in [3.63, 3.8) is 0 Å². The average molecular weight is 535 g/mol. The number of aromatic nitrogens is 4. The van der Waals surface area contributed by atoms with E-state index < -0.39 is 5.16 Å². The molecule has 0 aliphatic heterocycles. The molecule has 0 saturated heterocycles. The van der Waals surface area contributed by atoms with Gasteiger partial charge in [-0.1, -0.05) is 81.4 Å². The zero-order valence-electron chi connectivity index (χ0n) is 22.0. The lowest BCUT2D eigenvalue weighted by Crippen LogP contribution is -2.33. The third kappa shape index (κ3) is 4.80. The van der Waals surface area contributed by atoms with Gasteiger partial charge in [0.05, 0.1) is 0 Å². The number of rotatable bonds is 6. The van der Waals surface area contributed by atoms with Gasteiger partial charge in [0.1, 0.15) is 16.8 Å². The van der Waals surface area contributed by atoms with Crippen LogP contribution < -0.4 is 0 Å². The summed E-state index contributed by atoms with van der Waals surface area (Å²) in [4.78, 5) is 19.1.